The molecule has 0 saturated heterocycles. The molecule has 2 aromatic rings. The normalized spacial score (nSPS) is 13.7. The fraction of sp³-hybridized carbons (Fsp3) is 0.429. The predicted molar refractivity (Wildman–Crippen MR) is 99.3 cm³/mol. The van der Waals surface area contributed by atoms with Crippen LogP contribution in [0.5, 0.6) is 5.75 Å². The Morgan fingerprint density at radius 2 is 1.71 bits per heavy atom. The van der Waals surface area contributed by atoms with Crippen LogP contribution in [-0.4, -0.2) is 35.3 Å². The van der Waals surface area contributed by atoms with Gasteiger partial charge in [-0.25, -0.2) is 0 Å². The maximum absolute atomic E-state index is 10.4. The number of nitrogens with zero attached hydrogens (tertiary/aromatic N) is 1. The minimum absolute atomic E-state index is 0.310. The summed E-state index contributed by atoms with van der Waals surface area (Å²) in [6, 6.07) is 18.7. The fourth-order valence-electron chi connectivity index (χ4n) is 2.62. The summed E-state index contributed by atoms with van der Waals surface area (Å²) in [6.07, 6.45) is 0.544. The lowest BCUT2D eigenvalue weighted by Gasteiger charge is -2.30. The maximum atomic E-state index is 10.4. The van der Waals surface area contributed by atoms with Gasteiger partial charge in [0.1, 0.15) is 18.5 Å². The van der Waals surface area contributed by atoms with E-state index in [0.717, 1.165) is 18.7 Å². The van der Waals surface area contributed by atoms with E-state index >= 15 is 0 Å². The molecule has 0 fully saturated rings. The molecule has 0 amide bonds. The number of aryl methyl sites for hydroxylation is 1. The quantitative estimate of drug-likeness (QED) is 0.754. The van der Waals surface area contributed by atoms with Gasteiger partial charge >= 0.3 is 0 Å². The topological polar surface area (TPSA) is 32.7 Å². The van der Waals surface area contributed by atoms with E-state index in [0.29, 0.717) is 19.2 Å². The number of hydrogen-bond donors (Lipinski definition) is 1. The number of benzene rings is 2. The van der Waals surface area contributed by atoms with Crippen LogP contribution in [-0.2, 0) is 6.54 Å². The molecule has 2 rings (SSSR count). The number of hydrogen-bond acceptors (Lipinski definition) is 3. The molecular formula is C21H29NO2. The van der Waals surface area contributed by atoms with E-state index in [9.17, 15) is 5.11 Å². The van der Waals surface area contributed by atoms with Crippen molar-refractivity contribution in [2.75, 3.05) is 13.2 Å². The highest BCUT2D eigenvalue weighted by molar-refractivity contribution is 5.22. The highest BCUT2D eigenvalue weighted by atomic mass is 16.5. The van der Waals surface area contributed by atoms with Gasteiger partial charge in [0.15, 0.2) is 0 Å². The van der Waals surface area contributed by atoms with Crippen LogP contribution < -0.4 is 4.74 Å². The van der Waals surface area contributed by atoms with Gasteiger partial charge in [-0.2, -0.15) is 0 Å². The molecule has 2 atom stereocenters. The molecule has 0 spiro atoms. The third-order valence-corrected chi connectivity index (χ3v) is 4.35. The molecule has 0 aliphatic rings. The number of rotatable bonds is 9. The van der Waals surface area contributed by atoms with Crippen LogP contribution in [0.4, 0.5) is 0 Å². The van der Waals surface area contributed by atoms with Crippen LogP contribution in [0.2, 0.25) is 0 Å². The zero-order valence-corrected chi connectivity index (χ0v) is 15.0. The minimum Gasteiger partial charge on any atom is -0.491 e. The van der Waals surface area contributed by atoms with E-state index in [1.54, 1.807) is 0 Å². The van der Waals surface area contributed by atoms with Gasteiger partial charge in [-0.05, 0) is 38.0 Å². The van der Waals surface area contributed by atoms with E-state index in [1.165, 1.54) is 11.1 Å². The first-order valence-corrected chi connectivity index (χ1v) is 8.74. The second-order valence-corrected chi connectivity index (χ2v) is 6.45. The van der Waals surface area contributed by atoms with Crippen molar-refractivity contribution in [2.24, 2.45) is 0 Å². The molecule has 0 heterocycles. The molecule has 2 unspecified atom stereocenters. The summed E-state index contributed by atoms with van der Waals surface area (Å²) in [4.78, 5) is 2.32. The maximum Gasteiger partial charge on any atom is 0.119 e. The standard InChI is InChI=1S/C21H29NO2/c1-4-18(3)22(14-19-12-10-17(2)11-13-19)15-20(23)16-24-21-8-6-5-7-9-21/h5-13,18,20,23H,4,14-16H2,1-3H3. The molecule has 0 bridgehead atoms. The summed E-state index contributed by atoms with van der Waals surface area (Å²) in [5.74, 6) is 0.796. The first-order chi connectivity index (χ1) is 11.6. The SMILES string of the molecule is CCC(C)N(Cc1ccc(C)cc1)CC(O)COc1ccccc1. The van der Waals surface area contributed by atoms with Crippen molar-refractivity contribution in [1.82, 2.24) is 4.90 Å². The third-order valence-electron chi connectivity index (χ3n) is 4.35. The van der Waals surface area contributed by atoms with Crippen molar-refractivity contribution in [3.05, 3.63) is 65.7 Å². The Balaban J connectivity index is 1.91. The summed E-state index contributed by atoms with van der Waals surface area (Å²) >= 11 is 0. The Bertz CT molecular complexity index is 583. The van der Waals surface area contributed by atoms with Gasteiger partial charge in [-0.1, -0.05) is 55.0 Å². The number of aliphatic hydroxyl groups excluding tert-OH is 1. The zero-order chi connectivity index (χ0) is 17.4. The number of aliphatic hydroxyl groups is 1. The Morgan fingerprint density at radius 1 is 1.04 bits per heavy atom. The van der Waals surface area contributed by atoms with Gasteiger partial charge < -0.3 is 9.84 Å². The molecule has 2 aromatic carbocycles. The minimum atomic E-state index is -0.510. The van der Waals surface area contributed by atoms with Gasteiger partial charge in [0.2, 0.25) is 0 Å². The first-order valence-electron chi connectivity index (χ1n) is 8.74. The Morgan fingerprint density at radius 3 is 2.33 bits per heavy atom. The molecule has 3 nitrogen and oxygen atoms in total. The van der Waals surface area contributed by atoms with Crippen molar-refractivity contribution in [2.45, 2.75) is 45.9 Å². The summed E-state index contributed by atoms with van der Waals surface area (Å²) in [5, 5.41) is 10.4. The van der Waals surface area contributed by atoms with Crippen LogP contribution in [0, 0.1) is 6.92 Å². The van der Waals surface area contributed by atoms with Crippen molar-refractivity contribution in [1.29, 1.82) is 0 Å². The summed E-state index contributed by atoms with van der Waals surface area (Å²) in [7, 11) is 0. The molecule has 1 N–H and O–H groups in total. The smallest absolute Gasteiger partial charge is 0.119 e. The molecule has 130 valence electrons. The number of para-hydroxylation sites is 1. The highest BCUT2D eigenvalue weighted by Gasteiger charge is 2.17. The number of ether oxygens (including phenoxy) is 1. The van der Waals surface area contributed by atoms with Gasteiger partial charge in [0.25, 0.3) is 0 Å². The lowest BCUT2D eigenvalue weighted by molar-refractivity contribution is 0.0506. The molecule has 24 heavy (non-hydrogen) atoms. The van der Waals surface area contributed by atoms with Gasteiger partial charge in [0.05, 0.1) is 0 Å². The largest absolute Gasteiger partial charge is 0.491 e. The summed E-state index contributed by atoms with van der Waals surface area (Å²) in [6.45, 7) is 8.25. The molecular weight excluding hydrogens is 298 g/mol. The van der Waals surface area contributed by atoms with Crippen LogP contribution in [0.15, 0.2) is 54.6 Å². The second kappa shape index (κ2) is 9.45. The van der Waals surface area contributed by atoms with Crippen LogP contribution in [0.25, 0.3) is 0 Å². The van der Waals surface area contributed by atoms with E-state index in [4.69, 9.17) is 4.74 Å². The lowest BCUT2D eigenvalue weighted by atomic mass is 10.1. The second-order valence-electron chi connectivity index (χ2n) is 6.45. The first kappa shape index (κ1) is 18.5. The summed E-state index contributed by atoms with van der Waals surface area (Å²) in [5.41, 5.74) is 2.54. The predicted octanol–water partition coefficient (Wildman–Crippen LogP) is 4.04. The average molecular weight is 327 g/mol. The van der Waals surface area contributed by atoms with Gasteiger partial charge in [0, 0.05) is 19.1 Å². The molecule has 0 aromatic heterocycles. The van der Waals surface area contributed by atoms with Crippen molar-refractivity contribution < 1.29 is 9.84 Å². The fourth-order valence-corrected chi connectivity index (χ4v) is 2.62. The summed E-state index contributed by atoms with van der Waals surface area (Å²) < 4.78 is 5.67. The Kier molecular flexibility index (Phi) is 7.29. The monoisotopic (exact) mass is 327 g/mol. The highest BCUT2D eigenvalue weighted by Crippen LogP contribution is 2.14. The van der Waals surface area contributed by atoms with Crippen molar-refractivity contribution >= 4 is 0 Å². The molecule has 0 radical (unpaired) electrons. The van der Waals surface area contributed by atoms with Crippen molar-refractivity contribution in [3.63, 3.8) is 0 Å². The molecule has 0 saturated carbocycles. The lowest BCUT2D eigenvalue weighted by Crippen LogP contribution is -2.40. The van der Waals surface area contributed by atoms with E-state index in [1.807, 2.05) is 30.3 Å². The van der Waals surface area contributed by atoms with Gasteiger partial charge in [-0.15, -0.1) is 0 Å². The van der Waals surface area contributed by atoms with E-state index in [-0.39, 0.29) is 0 Å². The van der Waals surface area contributed by atoms with Crippen molar-refractivity contribution in [3.8, 4) is 5.75 Å². The van der Waals surface area contributed by atoms with Crippen LogP contribution >= 0.6 is 0 Å². The van der Waals surface area contributed by atoms with E-state index < -0.39 is 6.10 Å². The van der Waals surface area contributed by atoms with Crippen LogP contribution in [0.3, 0.4) is 0 Å². The average Bonchev–Trinajstić information content (AvgIpc) is 2.61. The molecule has 0 aliphatic carbocycles. The molecule has 0 aliphatic heterocycles. The van der Waals surface area contributed by atoms with E-state index in [2.05, 4.69) is 49.9 Å². The molecule has 3 heteroatoms. The van der Waals surface area contributed by atoms with Crippen LogP contribution in [0.1, 0.15) is 31.4 Å². The Hall–Kier alpha value is -1.84. The zero-order valence-electron chi connectivity index (χ0n) is 15.0. The van der Waals surface area contributed by atoms with Gasteiger partial charge in [-0.3, -0.25) is 4.90 Å². The Labute approximate surface area is 145 Å². The third kappa shape index (κ3) is 5.99.